The van der Waals surface area contributed by atoms with Crippen molar-refractivity contribution in [2.45, 2.75) is 24.9 Å². The lowest BCUT2D eigenvalue weighted by Crippen LogP contribution is -2.32. The Morgan fingerprint density at radius 3 is 1.33 bits per heavy atom. The molecule has 0 aliphatic rings. The minimum Gasteiger partial charge on any atom is -0.284 e. The highest BCUT2D eigenvalue weighted by Gasteiger charge is 2.30. The molecule has 0 radical (unpaired) electrons. The van der Waals surface area contributed by atoms with E-state index in [4.69, 9.17) is 10.8 Å². The van der Waals surface area contributed by atoms with Crippen LogP contribution in [0.4, 0.5) is 0 Å². The molecule has 0 saturated carbocycles. The van der Waals surface area contributed by atoms with Gasteiger partial charge in [-0.3, -0.25) is 10.8 Å². The van der Waals surface area contributed by atoms with Crippen LogP contribution in [-0.4, -0.2) is 36.2 Å². The molecule has 2 N–H and O–H groups in total. The van der Waals surface area contributed by atoms with Crippen molar-refractivity contribution in [1.29, 1.82) is 10.8 Å². The molecule has 0 bridgehead atoms. The zero-order valence-electron chi connectivity index (χ0n) is 10.8. The molecule has 18 heavy (non-hydrogen) atoms. The quantitative estimate of drug-likeness (QED) is 0.312. The van der Waals surface area contributed by atoms with E-state index < -0.39 is 11.1 Å². The zero-order chi connectivity index (χ0) is 14.4. The molecule has 6 nitrogen and oxygen atoms in total. The van der Waals surface area contributed by atoms with Gasteiger partial charge in [0.15, 0.2) is 22.7 Å². The lowest BCUT2D eigenvalue weighted by atomic mass is 10.0. The first kappa shape index (κ1) is 15.8. The van der Waals surface area contributed by atoms with E-state index in [0.29, 0.717) is 0 Å². The molecule has 0 rings (SSSR count). The highest BCUT2D eigenvalue weighted by molar-refractivity contribution is 5.95. The normalized spacial score (nSPS) is 17.2. The maximum atomic E-state index is 7.64. The van der Waals surface area contributed by atoms with Crippen LogP contribution >= 0.6 is 0 Å². The highest BCUT2D eigenvalue weighted by Crippen LogP contribution is 2.21. The fraction of sp³-hybridized carbons (Fsp3) is 0.333. The van der Waals surface area contributed by atoms with Crippen LogP contribution in [0.25, 0.3) is 0 Å². The summed E-state index contributed by atoms with van der Waals surface area (Å²) in [6, 6.07) is 0. The van der Waals surface area contributed by atoms with Crippen LogP contribution < -0.4 is 0 Å². The average molecular weight is 246 g/mol. The van der Waals surface area contributed by atoms with Gasteiger partial charge >= 0.3 is 0 Å². The van der Waals surface area contributed by atoms with Gasteiger partial charge in [0.2, 0.25) is 0 Å². The summed E-state index contributed by atoms with van der Waals surface area (Å²) >= 11 is 0. The molecule has 0 aromatic rings. The van der Waals surface area contributed by atoms with Crippen LogP contribution in [0.5, 0.6) is 0 Å². The lowest BCUT2D eigenvalue weighted by molar-refractivity contribution is 0.624. The van der Waals surface area contributed by atoms with Crippen molar-refractivity contribution in [3.05, 3.63) is 25.3 Å². The van der Waals surface area contributed by atoms with Gasteiger partial charge in [0.25, 0.3) is 0 Å². The van der Waals surface area contributed by atoms with Crippen molar-refractivity contribution in [3.63, 3.8) is 0 Å². The molecule has 6 heteroatoms. The summed E-state index contributed by atoms with van der Waals surface area (Å²) in [6.45, 7) is 17.0. The maximum Gasteiger partial charge on any atom is 0.155 e. The summed E-state index contributed by atoms with van der Waals surface area (Å²) in [5.74, 6) is -0.156. The first-order valence-corrected chi connectivity index (χ1v) is 5.12. The van der Waals surface area contributed by atoms with Gasteiger partial charge in [0.1, 0.15) is 0 Å². The number of azo groups is 1. The fourth-order valence-corrected chi connectivity index (χ4v) is 0.898. The number of amidine groups is 2. The number of nitrogens with zero attached hydrogens (tertiary/aromatic N) is 4. The summed E-state index contributed by atoms with van der Waals surface area (Å²) in [4.78, 5) is 7.03. The van der Waals surface area contributed by atoms with Gasteiger partial charge in [-0.1, -0.05) is 12.2 Å². The molecule has 2 atom stereocenters. The molecule has 0 spiro atoms. The third-order valence-corrected chi connectivity index (χ3v) is 2.54. The SMILES string of the molecule is C=CC(C)(/N=N/C(C)(C=C)C(=N)N=C)C(=N)N=C. The third-order valence-electron chi connectivity index (χ3n) is 2.54. The molecule has 0 saturated heterocycles. The van der Waals surface area contributed by atoms with Gasteiger partial charge in [-0.25, -0.2) is 9.98 Å². The molecular weight excluding hydrogens is 228 g/mol. The molecule has 0 amide bonds. The van der Waals surface area contributed by atoms with Crippen molar-refractivity contribution in [2.75, 3.05) is 0 Å². The molecule has 0 heterocycles. The van der Waals surface area contributed by atoms with Crippen LogP contribution in [0.2, 0.25) is 0 Å². The van der Waals surface area contributed by atoms with E-state index in [1.165, 1.54) is 12.2 Å². The van der Waals surface area contributed by atoms with Gasteiger partial charge in [-0.05, 0) is 27.3 Å². The van der Waals surface area contributed by atoms with Crippen molar-refractivity contribution < 1.29 is 0 Å². The Morgan fingerprint density at radius 1 is 0.889 bits per heavy atom. The summed E-state index contributed by atoms with van der Waals surface area (Å²) in [5, 5.41) is 23.3. The molecular formula is C12H18N6. The Hall–Kier alpha value is -2.24. The minimum atomic E-state index is -1.09. The third kappa shape index (κ3) is 3.13. The number of aliphatic imine (C=N–C) groups is 2. The molecule has 0 fully saturated rings. The van der Waals surface area contributed by atoms with Crippen molar-refractivity contribution >= 4 is 25.1 Å². The monoisotopic (exact) mass is 246 g/mol. The number of hydrogen-bond donors (Lipinski definition) is 2. The van der Waals surface area contributed by atoms with Crippen molar-refractivity contribution in [3.8, 4) is 0 Å². The van der Waals surface area contributed by atoms with Crippen LogP contribution in [0.15, 0.2) is 45.5 Å². The molecule has 2 unspecified atom stereocenters. The molecule has 0 aliphatic carbocycles. The second kappa shape index (κ2) is 5.90. The number of hydrogen-bond acceptors (Lipinski definition) is 4. The second-order valence-electron chi connectivity index (χ2n) is 3.92. The van der Waals surface area contributed by atoms with Gasteiger partial charge in [0, 0.05) is 0 Å². The van der Waals surface area contributed by atoms with E-state index in [2.05, 4.69) is 46.8 Å². The van der Waals surface area contributed by atoms with Gasteiger partial charge < -0.3 is 0 Å². The topological polar surface area (TPSA) is 97.1 Å². The Balaban J connectivity index is 5.45. The smallest absolute Gasteiger partial charge is 0.155 e. The van der Waals surface area contributed by atoms with Crippen LogP contribution in [-0.2, 0) is 0 Å². The van der Waals surface area contributed by atoms with Crippen LogP contribution in [0, 0.1) is 10.8 Å². The Bertz CT molecular complexity index is 396. The van der Waals surface area contributed by atoms with E-state index >= 15 is 0 Å². The van der Waals surface area contributed by atoms with Crippen LogP contribution in [0.1, 0.15) is 13.8 Å². The van der Waals surface area contributed by atoms with Crippen molar-refractivity contribution in [1.82, 2.24) is 0 Å². The average Bonchev–Trinajstić information content (AvgIpc) is 2.42. The molecule has 0 aromatic heterocycles. The summed E-state index contributed by atoms with van der Waals surface area (Å²) in [6.07, 6.45) is 2.87. The van der Waals surface area contributed by atoms with Gasteiger partial charge in [-0.15, -0.1) is 13.2 Å². The van der Waals surface area contributed by atoms with E-state index in [1.54, 1.807) is 13.8 Å². The summed E-state index contributed by atoms with van der Waals surface area (Å²) < 4.78 is 0. The van der Waals surface area contributed by atoms with Gasteiger partial charge in [-0.2, -0.15) is 10.2 Å². The molecule has 96 valence electrons. The van der Waals surface area contributed by atoms with E-state index in [0.717, 1.165) is 0 Å². The minimum absolute atomic E-state index is 0.0780. The maximum absolute atomic E-state index is 7.64. The van der Waals surface area contributed by atoms with E-state index in [9.17, 15) is 0 Å². The lowest BCUT2D eigenvalue weighted by Gasteiger charge is -2.22. The van der Waals surface area contributed by atoms with Crippen LogP contribution in [0.3, 0.4) is 0 Å². The van der Waals surface area contributed by atoms with Gasteiger partial charge in [0.05, 0.1) is 0 Å². The van der Waals surface area contributed by atoms with Crippen molar-refractivity contribution in [2.24, 2.45) is 20.2 Å². The summed E-state index contributed by atoms with van der Waals surface area (Å²) in [5.41, 5.74) is -2.18. The zero-order valence-corrected chi connectivity index (χ0v) is 10.8. The fourth-order valence-electron chi connectivity index (χ4n) is 0.898. The Kier molecular flexibility index (Phi) is 5.17. The second-order valence-corrected chi connectivity index (χ2v) is 3.92. The Labute approximate surface area is 107 Å². The number of nitrogens with one attached hydrogen (secondary N) is 2. The van der Waals surface area contributed by atoms with E-state index in [1.807, 2.05) is 0 Å². The molecule has 0 aliphatic heterocycles. The van der Waals surface area contributed by atoms with E-state index in [-0.39, 0.29) is 11.7 Å². The first-order valence-electron chi connectivity index (χ1n) is 5.12. The standard InChI is InChI=1S/C12H18N6/c1-7-11(3,9(13)15-5)17-18-12(4,8-2)10(14)16-6/h7-8,13-14H,1-2,5-6H2,3-4H3/b13-9?,14-10?,18-17+. The largest absolute Gasteiger partial charge is 0.284 e. The predicted octanol–water partition coefficient (Wildman–Crippen LogP) is 2.68. The molecule has 0 aromatic carbocycles. The Morgan fingerprint density at radius 2 is 1.17 bits per heavy atom. The highest BCUT2D eigenvalue weighted by atomic mass is 15.2. The predicted molar refractivity (Wildman–Crippen MR) is 76.6 cm³/mol. The summed E-state index contributed by atoms with van der Waals surface area (Å²) in [7, 11) is 0. The first-order chi connectivity index (χ1) is 8.29. The number of rotatable bonds is 6.